The molecule has 94 valence electrons. The molecule has 1 aromatic rings. The summed E-state index contributed by atoms with van der Waals surface area (Å²) in [5.74, 6) is 0.663. The number of nitrogens with one attached hydrogen (secondary N) is 1. The third kappa shape index (κ3) is 2.96. The minimum atomic E-state index is 0.663. The van der Waals surface area contributed by atoms with E-state index >= 15 is 0 Å². The minimum Gasteiger partial charge on any atom is -0.384 e. The summed E-state index contributed by atoms with van der Waals surface area (Å²) in [4.78, 5) is 6.64. The normalized spacial score (nSPS) is 19.9. The number of anilines is 1. The van der Waals surface area contributed by atoms with Crippen molar-refractivity contribution in [1.82, 2.24) is 10.3 Å². The van der Waals surface area contributed by atoms with E-state index in [4.69, 9.17) is 4.74 Å². The Hall–Kier alpha value is -1.13. The maximum absolute atomic E-state index is 5.24. The number of aromatic nitrogens is 1. The molecule has 1 saturated heterocycles. The molecule has 1 fully saturated rings. The van der Waals surface area contributed by atoms with Crippen LogP contribution in [0.3, 0.4) is 0 Å². The second-order valence-electron chi connectivity index (χ2n) is 4.59. The summed E-state index contributed by atoms with van der Waals surface area (Å²) in [7, 11) is 3.75. The van der Waals surface area contributed by atoms with Crippen LogP contribution in [0.2, 0.25) is 0 Å². The van der Waals surface area contributed by atoms with Gasteiger partial charge in [-0.05, 0) is 19.5 Å². The van der Waals surface area contributed by atoms with Gasteiger partial charge in [0.15, 0.2) is 0 Å². The van der Waals surface area contributed by atoms with Crippen molar-refractivity contribution in [1.29, 1.82) is 0 Å². The van der Waals surface area contributed by atoms with E-state index in [-0.39, 0.29) is 0 Å². The Labute approximate surface area is 103 Å². The van der Waals surface area contributed by atoms with Gasteiger partial charge in [0, 0.05) is 56.3 Å². The summed E-state index contributed by atoms with van der Waals surface area (Å²) < 4.78 is 5.24. The molecule has 0 spiro atoms. The first-order valence-corrected chi connectivity index (χ1v) is 6.16. The molecule has 0 aliphatic carbocycles. The molecular weight excluding hydrogens is 214 g/mol. The lowest BCUT2D eigenvalue weighted by Gasteiger charge is -2.21. The van der Waals surface area contributed by atoms with Gasteiger partial charge >= 0.3 is 0 Å². The van der Waals surface area contributed by atoms with Crippen molar-refractivity contribution < 1.29 is 4.74 Å². The van der Waals surface area contributed by atoms with Gasteiger partial charge in [-0.25, -0.2) is 0 Å². The van der Waals surface area contributed by atoms with Crippen molar-refractivity contribution >= 4 is 5.69 Å². The molecule has 4 nitrogen and oxygen atoms in total. The van der Waals surface area contributed by atoms with E-state index in [1.54, 1.807) is 7.11 Å². The SMILES string of the molecule is CNCc1cnccc1N1CCC(COC)C1. The molecule has 4 heteroatoms. The first-order valence-electron chi connectivity index (χ1n) is 6.16. The molecule has 1 atom stereocenters. The van der Waals surface area contributed by atoms with Gasteiger partial charge in [-0.15, -0.1) is 0 Å². The molecule has 17 heavy (non-hydrogen) atoms. The van der Waals surface area contributed by atoms with E-state index in [1.807, 2.05) is 19.4 Å². The fourth-order valence-electron chi connectivity index (χ4n) is 2.48. The molecule has 2 heterocycles. The van der Waals surface area contributed by atoms with Crippen molar-refractivity contribution in [2.24, 2.45) is 5.92 Å². The summed E-state index contributed by atoms with van der Waals surface area (Å²) in [5.41, 5.74) is 2.58. The Morgan fingerprint density at radius 1 is 1.59 bits per heavy atom. The van der Waals surface area contributed by atoms with Gasteiger partial charge in [-0.3, -0.25) is 4.98 Å². The highest BCUT2D eigenvalue weighted by Crippen LogP contribution is 2.26. The van der Waals surface area contributed by atoms with Gasteiger partial charge in [0.05, 0.1) is 6.61 Å². The zero-order chi connectivity index (χ0) is 12.1. The molecule has 0 aromatic carbocycles. The van der Waals surface area contributed by atoms with Crippen molar-refractivity contribution in [2.75, 3.05) is 38.8 Å². The maximum atomic E-state index is 5.24. The zero-order valence-electron chi connectivity index (χ0n) is 10.6. The summed E-state index contributed by atoms with van der Waals surface area (Å²) >= 11 is 0. The lowest BCUT2D eigenvalue weighted by molar-refractivity contribution is 0.161. The number of pyridine rings is 1. The van der Waals surface area contributed by atoms with Crippen LogP contribution in [0, 0.1) is 5.92 Å². The monoisotopic (exact) mass is 235 g/mol. The van der Waals surface area contributed by atoms with Crippen LogP contribution in [-0.4, -0.2) is 38.8 Å². The third-order valence-corrected chi connectivity index (χ3v) is 3.27. The summed E-state index contributed by atoms with van der Waals surface area (Å²) in [6.07, 6.45) is 5.04. The molecule has 0 amide bonds. The highest BCUT2D eigenvalue weighted by molar-refractivity contribution is 5.53. The van der Waals surface area contributed by atoms with Crippen LogP contribution in [0.15, 0.2) is 18.5 Å². The number of ether oxygens (including phenoxy) is 1. The predicted molar refractivity (Wildman–Crippen MR) is 69.2 cm³/mol. The van der Waals surface area contributed by atoms with E-state index < -0.39 is 0 Å². The van der Waals surface area contributed by atoms with Crippen molar-refractivity contribution in [3.05, 3.63) is 24.0 Å². The molecule has 0 radical (unpaired) electrons. The Morgan fingerprint density at radius 3 is 3.24 bits per heavy atom. The molecule has 0 bridgehead atoms. The van der Waals surface area contributed by atoms with Crippen LogP contribution in [-0.2, 0) is 11.3 Å². The first-order chi connectivity index (χ1) is 8.35. The Balaban J connectivity index is 2.07. The van der Waals surface area contributed by atoms with Crippen molar-refractivity contribution in [3.63, 3.8) is 0 Å². The zero-order valence-corrected chi connectivity index (χ0v) is 10.6. The minimum absolute atomic E-state index is 0.663. The Morgan fingerprint density at radius 2 is 2.47 bits per heavy atom. The third-order valence-electron chi connectivity index (χ3n) is 3.27. The fourth-order valence-corrected chi connectivity index (χ4v) is 2.48. The van der Waals surface area contributed by atoms with Crippen LogP contribution >= 0.6 is 0 Å². The van der Waals surface area contributed by atoms with E-state index in [1.165, 1.54) is 17.7 Å². The number of methoxy groups -OCH3 is 1. The summed E-state index contributed by atoms with van der Waals surface area (Å²) in [6, 6.07) is 2.11. The van der Waals surface area contributed by atoms with Gasteiger partial charge in [0.1, 0.15) is 0 Å². The smallest absolute Gasteiger partial charge is 0.0508 e. The van der Waals surface area contributed by atoms with Crippen molar-refractivity contribution in [2.45, 2.75) is 13.0 Å². The lowest BCUT2D eigenvalue weighted by atomic mass is 10.1. The lowest BCUT2D eigenvalue weighted by Crippen LogP contribution is -2.23. The first kappa shape index (κ1) is 12.3. The van der Waals surface area contributed by atoms with Crippen molar-refractivity contribution in [3.8, 4) is 0 Å². The second kappa shape index (κ2) is 5.98. The molecule has 2 rings (SSSR count). The number of nitrogens with zero attached hydrogens (tertiary/aromatic N) is 2. The van der Waals surface area contributed by atoms with E-state index in [0.29, 0.717) is 5.92 Å². The molecule has 0 saturated carbocycles. The molecule has 1 aliphatic heterocycles. The fraction of sp³-hybridized carbons (Fsp3) is 0.615. The standard InChI is InChI=1S/C13H21N3O/c1-14-7-12-8-15-5-3-13(12)16-6-4-11(9-16)10-17-2/h3,5,8,11,14H,4,6-7,9-10H2,1-2H3. The average molecular weight is 235 g/mol. The largest absolute Gasteiger partial charge is 0.384 e. The van der Waals surface area contributed by atoms with Gasteiger partial charge in [-0.2, -0.15) is 0 Å². The molecule has 1 aromatic heterocycles. The highest BCUT2D eigenvalue weighted by Gasteiger charge is 2.23. The number of hydrogen-bond donors (Lipinski definition) is 1. The molecule has 1 N–H and O–H groups in total. The average Bonchev–Trinajstić information content (AvgIpc) is 2.79. The van der Waals surface area contributed by atoms with Crippen LogP contribution in [0.5, 0.6) is 0 Å². The van der Waals surface area contributed by atoms with Crippen LogP contribution in [0.4, 0.5) is 5.69 Å². The predicted octanol–water partition coefficient (Wildman–Crippen LogP) is 1.27. The maximum Gasteiger partial charge on any atom is 0.0508 e. The topological polar surface area (TPSA) is 37.4 Å². The summed E-state index contributed by atoms with van der Waals surface area (Å²) in [6.45, 7) is 3.95. The Bertz CT molecular complexity index is 356. The van der Waals surface area contributed by atoms with Crippen LogP contribution in [0.25, 0.3) is 0 Å². The highest BCUT2D eigenvalue weighted by atomic mass is 16.5. The molecular formula is C13H21N3O. The van der Waals surface area contributed by atoms with Gasteiger partial charge < -0.3 is 15.0 Å². The number of rotatable bonds is 5. The summed E-state index contributed by atoms with van der Waals surface area (Å²) in [5, 5.41) is 3.19. The van der Waals surface area contributed by atoms with Crippen LogP contribution in [0.1, 0.15) is 12.0 Å². The molecule has 1 aliphatic rings. The van der Waals surface area contributed by atoms with E-state index in [0.717, 1.165) is 26.2 Å². The van der Waals surface area contributed by atoms with Gasteiger partial charge in [-0.1, -0.05) is 0 Å². The van der Waals surface area contributed by atoms with Crippen LogP contribution < -0.4 is 10.2 Å². The number of hydrogen-bond acceptors (Lipinski definition) is 4. The Kier molecular flexibility index (Phi) is 4.34. The quantitative estimate of drug-likeness (QED) is 0.834. The van der Waals surface area contributed by atoms with Gasteiger partial charge in [0.25, 0.3) is 0 Å². The van der Waals surface area contributed by atoms with E-state index in [2.05, 4.69) is 21.3 Å². The second-order valence-corrected chi connectivity index (χ2v) is 4.59. The van der Waals surface area contributed by atoms with E-state index in [9.17, 15) is 0 Å². The molecule has 1 unspecified atom stereocenters. The van der Waals surface area contributed by atoms with Gasteiger partial charge in [0.2, 0.25) is 0 Å².